The summed E-state index contributed by atoms with van der Waals surface area (Å²) in [6, 6.07) is 0.481. The first-order valence-electron chi connectivity index (χ1n) is 7.46. The highest BCUT2D eigenvalue weighted by atomic mass is 32.2. The van der Waals surface area contributed by atoms with Gasteiger partial charge in [0.15, 0.2) is 5.96 Å². The van der Waals surface area contributed by atoms with E-state index in [1.165, 1.54) is 0 Å². The van der Waals surface area contributed by atoms with Gasteiger partial charge in [0.25, 0.3) is 0 Å². The Balaban J connectivity index is 1.80. The third-order valence-corrected chi connectivity index (χ3v) is 5.62. The molecule has 5 nitrogen and oxygen atoms in total. The molecule has 0 saturated carbocycles. The highest BCUT2D eigenvalue weighted by molar-refractivity contribution is 8.00. The van der Waals surface area contributed by atoms with Crippen LogP contribution in [-0.2, 0) is 9.47 Å². The Hall–Kier alpha value is -0.460. The molecule has 0 aromatic rings. The Morgan fingerprint density at radius 3 is 2.45 bits per heavy atom. The minimum absolute atomic E-state index is 0.283. The zero-order chi connectivity index (χ0) is 14.3. The Bertz CT molecular complexity index is 314. The van der Waals surface area contributed by atoms with Crippen molar-refractivity contribution in [2.24, 2.45) is 4.99 Å². The summed E-state index contributed by atoms with van der Waals surface area (Å²) >= 11 is 1.95. The van der Waals surface area contributed by atoms with Crippen molar-refractivity contribution in [3.63, 3.8) is 0 Å². The summed E-state index contributed by atoms with van der Waals surface area (Å²) in [5.41, 5.74) is 0. The van der Waals surface area contributed by atoms with Gasteiger partial charge < -0.3 is 20.1 Å². The van der Waals surface area contributed by atoms with Crippen LogP contribution >= 0.6 is 11.8 Å². The van der Waals surface area contributed by atoms with E-state index in [9.17, 15) is 0 Å². The monoisotopic (exact) mass is 301 g/mol. The SMILES string of the molecule is CN=C(NCC1(SC)CCOCC1)NC1CCOCC1. The molecule has 116 valence electrons. The molecular formula is C14H27N3O2S. The molecule has 6 heteroatoms. The van der Waals surface area contributed by atoms with Crippen LogP contribution in [0.2, 0.25) is 0 Å². The average molecular weight is 301 g/mol. The zero-order valence-corrected chi connectivity index (χ0v) is 13.4. The quantitative estimate of drug-likeness (QED) is 0.604. The van der Waals surface area contributed by atoms with E-state index in [-0.39, 0.29) is 4.75 Å². The zero-order valence-electron chi connectivity index (χ0n) is 12.6. The third kappa shape index (κ3) is 4.53. The number of guanidine groups is 1. The highest BCUT2D eigenvalue weighted by Gasteiger charge is 2.32. The van der Waals surface area contributed by atoms with Gasteiger partial charge in [0, 0.05) is 50.8 Å². The van der Waals surface area contributed by atoms with Crippen LogP contribution in [0.4, 0.5) is 0 Å². The van der Waals surface area contributed by atoms with Crippen LogP contribution in [0.25, 0.3) is 0 Å². The smallest absolute Gasteiger partial charge is 0.191 e. The van der Waals surface area contributed by atoms with Crippen molar-refractivity contribution in [2.75, 3.05) is 46.3 Å². The summed E-state index contributed by atoms with van der Waals surface area (Å²) in [6.45, 7) is 4.38. The fourth-order valence-electron chi connectivity index (χ4n) is 2.67. The summed E-state index contributed by atoms with van der Waals surface area (Å²) in [7, 11) is 1.84. The van der Waals surface area contributed by atoms with Gasteiger partial charge in [-0.2, -0.15) is 11.8 Å². The molecule has 2 N–H and O–H groups in total. The summed E-state index contributed by atoms with van der Waals surface area (Å²) in [6.07, 6.45) is 6.52. The fraction of sp³-hybridized carbons (Fsp3) is 0.929. The number of rotatable bonds is 4. The predicted octanol–water partition coefficient (Wildman–Crippen LogP) is 1.24. The van der Waals surface area contributed by atoms with E-state index >= 15 is 0 Å². The summed E-state index contributed by atoms with van der Waals surface area (Å²) in [5, 5.41) is 7.00. The molecule has 20 heavy (non-hydrogen) atoms. The molecular weight excluding hydrogens is 274 g/mol. The van der Waals surface area contributed by atoms with E-state index in [2.05, 4.69) is 21.9 Å². The average Bonchev–Trinajstić information content (AvgIpc) is 2.53. The molecule has 2 aliphatic heterocycles. The van der Waals surface area contributed by atoms with E-state index in [0.29, 0.717) is 6.04 Å². The first kappa shape index (κ1) is 15.9. The molecule has 0 atom stereocenters. The van der Waals surface area contributed by atoms with E-state index in [1.807, 2.05) is 18.8 Å². The maximum atomic E-state index is 5.48. The van der Waals surface area contributed by atoms with Crippen molar-refractivity contribution in [1.29, 1.82) is 0 Å². The van der Waals surface area contributed by atoms with E-state index in [1.54, 1.807) is 0 Å². The number of ether oxygens (including phenoxy) is 2. The van der Waals surface area contributed by atoms with Gasteiger partial charge in [-0.15, -0.1) is 0 Å². The van der Waals surface area contributed by atoms with Crippen LogP contribution in [0.15, 0.2) is 4.99 Å². The number of hydrogen-bond donors (Lipinski definition) is 2. The van der Waals surface area contributed by atoms with Gasteiger partial charge in [-0.25, -0.2) is 0 Å². The Morgan fingerprint density at radius 2 is 1.85 bits per heavy atom. The van der Waals surface area contributed by atoms with Gasteiger partial charge in [-0.1, -0.05) is 0 Å². The van der Waals surface area contributed by atoms with Gasteiger partial charge in [0.2, 0.25) is 0 Å². The fourth-order valence-corrected chi connectivity index (χ4v) is 3.46. The number of hydrogen-bond acceptors (Lipinski definition) is 4. The lowest BCUT2D eigenvalue weighted by Gasteiger charge is -2.36. The standard InChI is InChI=1S/C14H27N3O2S/c1-15-13(17-12-3-7-18-8-4-12)16-11-14(20-2)5-9-19-10-6-14/h12H,3-11H2,1-2H3,(H2,15,16,17). The third-order valence-electron chi connectivity index (χ3n) is 4.20. The van der Waals surface area contributed by atoms with Crippen LogP contribution in [0.3, 0.4) is 0 Å². The lowest BCUT2D eigenvalue weighted by molar-refractivity contribution is 0.0776. The van der Waals surface area contributed by atoms with Crippen LogP contribution in [0, 0.1) is 0 Å². The van der Waals surface area contributed by atoms with Crippen molar-refractivity contribution < 1.29 is 9.47 Å². The molecule has 2 aliphatic rings. The molecule has 0 aromatic carbocycles. The molecule has 0 bridgehead atoms. The highest BCUT2D eigenvalue weighted by Crippen LogP contribution is 2.32. The van der Waals surface area contributed by atoms with Crippen molar-refractivity contribution in [3.8, 4) is 0 Å². The molecule has 0 radical (unpaired) electrons. The molecule has 0 unspecified atom stereocenters. The number of nitrogens with zero attached hydrogens (tertiary/aromatic N) is 1. The Morgan fingerprint density at radius 1 is 1.20 bits per heavy atom. The van der Waals surface area contributed by atoms with Gasteiger partial charge in [0.1, 0.15) is 0 Å². The maximum Gasteiger partial charge on any atom is 0.191 e. The second kappa shape index (κ2) is 8.10. The van der Waals surface area contributed by atoms with E-state index in [4.69, 9.17) is 9.47 Å². The number of thioether (sulfide) groups is 1. The summed E-state index contributed by atoms with van der Waals surface area (Å²) < 4.78 is 11.1. The first-order chi connectivity index (χ1) is 9.78. The normalized spacial score (nSPS) is 24.4. The topological polar surface area (TPSA) is 54.9 Å². The molecule has 0 aromatic heterocycles. The van der Waals surface area contributed by atoms with Crippen LogP contribution in [0.1, 0.15) is 25.7 Å². The van der Waals surface area contributed by atoms with Gasteiger partial charge in [-0.05, 0) is 31.9 Å². The van der Waals surface area contributed by atoms with Gasteiger partial charge in [-0.3, -0.25) is 4.99 Å². The van der Waals surface area contributed by atoms with Crippen molar-refractivity contribution in [1.82, 2.24) is 10.6 Å². The van der Waals surface area contributed by atoms with Gasteiger partial charge in [0.05, 0.1) is 0 Å². The van der Waals surface area contributed by atoms with Crippen molar-refractivity contribution in [3.05, 3.63) is 0 Å². The molecule has 2 rings (SSSR count). The van der Waals surface area contributed by atoms with Crippen LogP contribution < -0.4 is 10.6 Å². The Labute approximate surface area is 126 Å². The van der Waals surface area contributed by atoms with Crippen molar-refractivity contribution in [2.45, 2.75) is 36.5 Å². The van der Waals surface area contributed by atoms with Crippen LogP contribution in [0.5, 0.6) is 0 Å². The molecule has 2 saturated heterocycles. The number of aliphatic imine (C=N–C) groups is 1. The second-order valence-electron chi connectivity index (χ2n) is 5.46. The molecule has 2 heterocycles. The lowest BCUT2D eigenvalue weighted by Crippen LogP contribution is -2.50. The summed E-state index contributed by atoms with van der Waals surface area (Å²) in [5.74, 6) is 0.914. The van der Waals surface area contributed by atoms with E-state index < -0.39 is 0 Å². The minimum Gasteiger partial charge on any atom is -0.381 e. The molecule has 2 fully saturated rings. The minimum atomic E-state index is 0.283. The predicted molar refractivity (Wildman–Crippen MR) is 84.6 cm³/mol. The summed E-state index contributed by atoms with van der Waals surface area (Å²) in [4.78, 5) is 4.35. The molecule has 0 amide bonds. The Kier molecular flexibility index (Phi) is 6.45. The largest absolute Gasteiger partial charge is 0.381 e. The van der Waals surface area contributed by atoms with Crippen LogP contribution in [-0.4, -0.2) is 63.0 Å². The van der Waals surface area contributed by atoms with Gasteiger partial charge >= 0.3 is 0 Å². The van der Waals surface area contributed by atoms with E-state index in [0.717, 1.165) is 64.6 Å². The second-order valence-corrected chi connectivity index (χ2v) is 6.73. The lowest BCUT2D eigenvalue weighted by atomic mass is 9.99. The number of nitrogens with one attached hydrogen (secondary N) is 2. The first-order valence-corrected chi connectivity index (χ1v) is 8.68. The molecule has 0 aliphatic carbocycles. The molecule has 0 spiro atoms. The maximum absolute atomic E-state index is 5.48. The van der Waals surface area contributed by atoms with Crippen molar-refractivity contribution >= 4 is 17.7 Å².